The van der Waals surface area contributed by atoms with E-state index in [0.29, 0.717) is 24.4 Å². The van der Waals surface area contributed by atoms with Crippen LogP contribution >= 0.6 is 0 Å². The third-order valence-corrected chi connectivity index (χ3v) is 2.86. The first-order chi connectivity index (χ1) is 9.10. The van der Waals surface area contributed by atoms with Crippen LogP contribution in [0.2, 0.25) is 0 Å². The number of rotatable bonds is 4. The van der Waals surface area contributed by atoms with Crippen LogP contribution in [0.25, 0.3) is 0 Å². The number of hydrazone groups is 1. The van der Waals surface area contributed by atoms with Crippen LogP contribution in [0.1, 0.15) is 31.9 Å². The average molecular weight is 263 g/mol. The summed E-state index contributed by atoms with van der Waals surface area (Å²) in [5.74, 6) is 0.0890. The van der Waals surface area contributed by atoms with E-state index in [1.54, 1.807) is 13.1 Å². The molecule has 0 saturated carbocycles. The molecule has 0 spiro atoms. The van der Waals surface area contributed by atoms with Gasteiger partial charge >= 0.3 is 0 Å². The van der Waals surface area contributed by atoms with Crippen molar-refractivity contribution in [2.75, 3.05) is 12.4 Å². The molecule has 0 radical (unpaired) electrons. The fourth-order valence-corrected chi connectivity index (χ4v) is 1.84. The molecule has 2 amide bonds. The number of aryl methyl sites for hydroxylation is 1. The summed E-state index contributed by atoms with van der Waals surface area (Å²) in [6.07, 6.45) is 2.57. The Kier molecular flexibility index (Phi) is 3.94. The van der Waals surface area contributed by atoms with Crippen LogP contribution in [-0.4, -0.2) is 39.8 Å². The number of anilines is 1. The molecular formula is C12H17N5O2. The Morgan fingerprint density at radius 3 is 3.00 bits per heavy atom. The third kappa shape index (κ3) is 3.18. The second-order valence-corrected chi connectivity index (χ2v) is 4.45. The van der Waals surface area contributed by atoms with Gasteiger partial charge in [0.15, 0.2) is 5.82 Å². The van der Waals surface area contributed by atoms with Gasteiger partial charge < -0.3 is 5.32 Å². The van der Waals surface area contributed by atoms with Gasteiger partial charge in [0.2, 0.25) is 5.91 Å². The normalized spacial score (nSPS) is 15.4. The molecule has 7 heteroatoms. The Bertz CT molecular complexity index is 520. The number of aromatic amines is 1. The maximum Gasteiger partial charge on any atom is 0.273 e. The largest absolute Gasteiger partial charge is 0.304 e. The molecule has 2 rings (SSSR count). The predicted molar refractivity (Wildman–Crippen MR) is 70.7 cm³/mol. The first-order valence-electron chi connectivity index (χ1n) is 6.30. The van der Waals surface area contributed by atoms with Crippen molar-refractivity contribution in [1.82, 2.24) is 15.2 Å². The molecular weight excluding hydrogens is 246 g/mol. The summed E-state index contributed by atoms with van der Waals surface area (Å²) >= 11 is 0. The third-order valence-electron chi connectivity index (χ3n) is 2.86. The zero-order valence-electron chi connectivity index (χ0n) is 11.1. The Morgan fingerprint density at radius 2 is 2.32 bits per heavy atom. The van der Waals surface area contributed by atoms with E-state index in [2.05, 4.69) is 27.5 Å². The smallest absolute Gasteiger partial charge is 0.273 e. The molecule has 7 nitrogen and oxygen atoms in total. The summed E-state index contributed by atoms with van der Waals surface area (Å²) in [6.45, 7) is 2.07. The number of hydrogen-bond donors (Lipinski definition) is 2. The van der Waals surface area contributed by atoms with E-state index in [1.807, 2.05) is 0 Å². The van der Waals surface area contributed by atoms with E-state index in [1.165, 1.54) is 5.01 Å². The molecule has 1 aliphatic rings. The highest BCUT2D eigenvalue weighted by atomic mass is 16.2. The summed E-state index contributed by atoms with van der Waals surface area (Å²) in [6, 6.07) is 1.81. The average Bonchev–Trinajstić information content (AvgIpc) is 2.80. The molecule has 0 bridgehead atoms. The first kappa shape index (κ1) is 13.3. The number of carbonyl (C=O) groups is 2. The number of aromatic nitrogens is 2. The second-order valence-electron chi connectivity index (χ2n) is 4.45. The standard InChI is InChI=1S/C12H17N5O2/c1-3-4-8-7-10(15-14-8)13-12(19)9-5-6-11(18)17(2)16-9/h7H,3-6H2,1-2H3,(H2,13,14,15,19). The van der Waals surface area contributed by atoms with Crippen LogP contribution in [0.4, 0.5) is 5.82 Å². The molecule has 0 atom stereocenters. The van der Waals surface area contributed by atoms with Crippen LogP contribution in [0, 0.1) is 0 Å². The number of nitrogens with zero attached hydrogens (tertiary/aromatic N) is 3. The first-order valence-corrected chi connectivity index (χ1v) is 6.30. The van der Waals surface area contributed by atoms with E-state index < -0.39 is 0 Å². The van der Waals surface area contributed by atoms with E-state index >= 15 is 0 Å². The topological polar surface area (TPSA) is 90.4 Å². The highest BCUT2D eigenvalue weighted by Gasteiger charge is 2.22. The molecule has 0 aromatic carbocycles. The van der Waals surface area contributed by atoms with E-state index in [0.717, 1.165) is 18.5 Å². The summed E-state index contributed by atoms with van der Waals surface area (Å²) in [7, 11) is 1.54. The zero-order chi connectivity index (χ0) is 13.8. The molecule has 0 saturated heterocycles. The van der Waals surface area contributed by atoms with Crippen LogP contribution < -0.4 is 5.32 Å². The van der Waals surface area contributed by atoms with Crippen molar-refractivity contribution >= 4 is 23.3 Å². The molecule has 0 unspecified atom stereocenters. The van der Waals surface area contributed by atoms with Gasteiger partial charge in [-0.1, -0.05) is 13.3 Å². The van der Waals surface area contributed by atoms with Gasteiger partial charge in [-0.3, -0.25) is 14.7 Å². The Morgan fingerprint density at radius 1 is 1.53 bits per heavy atom. The lowest BCUT2D eigenvalue weighted by Crippen LogP contribution is -2.34. The van der Waals surface area contributed by atoms with Gasteiger partial charge in [-0.2, -0.15) is 10.2 Å². The number of H-pyrrole nitrogens is 1. The monoisotopic (exact) mass is 263 g/mol. The molecule has 2 heterocycles. The summed E-state index contributed by atoms with van der Waals surface area (Å²) in [4.78, 5) is 23.2. The Hall–Kier alpha value is -2.18. The van der Waals surface area contributed by atoms with Crippen LogP contribution in [-0.2, 0) is 16.0 Å². The molecule has 1 aliphatic heterocycles. The fourth-order valence-electron chi connectivity index (χ4n) is 1.84. The quantitative estimate of drug-likeness (QED) is 0.845. The summed E-state index contributed by atoms with van der Waals surface area (Å²) in [5, 5.41) is 14.7. The minimum absolute atomic E-state index is 0.0819. The zero-order valence-corrected chi connectivity index (χ0v) is 11.1. The maximum atomic E-state index is 12.0. The fraction of sp³-hybridized carbons (Fsp3) is 0.500. The van der Waals surface area contributed by atoms with Gasteiger partial charge in [0.05, 0.1) is 0 Å². The molecule has 0 fully saturated rings. The number of carbonyl (C=O) groups excluding carboxylic acids is 2. The number of amides is 2. The molecule has 102 valence electrons. The minimum atomic E-state index is -0.311. The van der Waals surface area contributed by atoms with Gasteiger partial charge in [-0.25, -0.2) is 5.01 Å². The van der Waals surface area contributed by atoms with Crippen molar-refractivity contribution in [3.63, 3.8) is 0 Å². The Balaban J connectivity index is 2.00. The molecule has 1 aromatic heterocycles. The lowest BCUT2D eigenvalue weighted by atomic mass is 10.1. The highest BCUT2D eigenvalue weighted by molar-refractivity contribution is 6.43. The second kappa shape index (κ2) is 5.64. The van der Waals surface area contributed by atoms with Crippen molar-refractivity contribution in [3.8, 4) is 0 Å². The molecule has 2 N–H and O–H groups in total. The molecule has 0 aliphatic carbocycles. The lowest BCUT2D eigenvalue weighted by molar-refractivity contribution is -0.130. The molecule has 19 heavy (non-hydrogen) atoms. The van der Waals surface area contributed by atoms with Crippen molar-refractivity contribution in [3.05, 3.63) is 11.8 Å². The van der Waals surface area contributed by atoms with Gasteiger partial charge in [0.1, 0.15) is 5.71 Å². The molecule has 1 aromatic rings. The number of nitrogens with one attached hydrogen (secondary N) is 2. The lowest BCUT2D eigenvalue weighted by Gasteiger charge is -2.18. The van der Waals surface area contributed by atoms with E-state index in [4.69, 9.17) is 0 Å². The van der Waals surface area contributed by atoms with Gasteiger partial charge in [-0.15, -0.1) is 0 Å². The van der Waals surface area contributed by atoms with Crippen LogP contribution in [0.5, 0.6) is 0 Å². The number of hydrogen-bond acceptors (Lipinski definition) is 4. The predicted octanol–water partition coefficient (Wildman–Crippen LogP) is 0.909. The maximum absolute atomic E-state index is 12.0. The Labute approximate surface area is 111 Å². The highest BCUT2D eigenvalue weighted by Crippen LogP contribution is 2.11. The van der Waals surface area contributed by atoms with Gasteiger partial charge in [-0.05, 0) is 6.42 Å². The van der Waals surface area contributed by atoms with Crippen LogP contribution in [0.15, 0.2) is 11.2 Å². The van der Waals surface area contributed by atoms with E-state index in [9.17, 15) is 9.59 Å². The van der Waals surface area contributed by atoms with Crippen molar-refractivity contribution in [2.45, 2.75) is 32.6 Å². The van der Waals surface area contributed by atoms with Gasteiger partial charge in [0, 0.05) is 31.6 Å². The van der Waals surface area contributed by atoms with Crippen LogP contribution in [0.3, 0.4) is 0 Å². The minimum Gasteiger partial charge on any atom is -0.304 e. The van der Waals surface area contributed by atoms with Crippen molar-refractivity contribution in [2.24, 2.45) is 5.10 Å². The van der Waals surface area contributed by atoms with Gasteiger partial charge in [0.25, 0.3) is 5.91 Å². The van der Waals surface area contributed by atoms with Crippen molar-refractivity contribution in [1.29, 1.82) is 0 Å². The summed E-state index contributed by atoms with van der Waals surface area (Å²) < 4.78 is 0. The van der Waals surface area contributed by atoms with E-state index in [-0.39, 0.29) is 11.8 Å². The van der Waals surface area contributed by atoms with Crippen molar-refractivity contribution < 1.29 is 9.59 Å². The SMILES string of the molecule is CCCc1cc(NC(=O)C2=NN(C)C(=O)CC2)n[nH]1. The summed E-state index contributed by atoms with van der Waals surface area (Å²) in [5.41, 5.74) is 1.33.